The molecule has 1 heterocycles. The maximum Gasteiger partial charge on any atom is 0.251 e. The first-order valence-electron chi connectivity index (χ1n) is 7.03. The van der Waals surface area contributed by atoms with E-state index in [1.54, 1.807) is 12.1 Å². The van der Waals surface area contributed by atoms with Crippen LogP contribution in [0.25, 0.3) is 0 Å². The number of fused-ring (bicyclic) bond motifs is 1. The summed E-state index contributed by atoms with van der Waals surface area (Å²) in [5, 5.41) is 3.30. The molecule has 0 spiro atoms. The first-order valence-corrected chi connectivity index (χ1v) is 7.85. The maximum atomic E-state index is 12.9. The number of nitrogens with two attached hydrogens (primary N) is 1. The van der Waals surface area contributed by atoms with Gasteiger partial charge in [0.15, 0.2) is 0 Å². The van der Waals surface area contributed by atoms with Crippen LogP contribution in [0, 0.1) is 5.82 Å². The summed E-state index contributed by atoms with van der Waals surface area (Å²) in [6.45, 7) is 0. The molecule has 0 aliphatic heterocycles. The number of hydrogen-bond acceptors (Lipinski definition) is 3. The van der Waals surface area contributed by atoms with Crippen LogP contribution in [0.4, 0.5) is 9.39 Å². The summed E-state index contributed by atoms with van der Waals surface area (Å²) in [6.07, 6.45) is 2.90. The molecule has 114 valence electrons. The number of thiophene rings is 1. The summed E-state index contributed by atoms with van der Waals surface area (Å²) in [5.41, 5.74) is 7.59. The number of carbonyl (C=O) groups is 2. The molecule has 0 fully saturated rings. The van der Waals surface area contributed by atoms with Crippen LogP contribution in [0.1, 0.15) is 32.8 Å². The number of anilines is 1. The van der Waals surface area contributed by atoms with E-state index in [9.17, 15) is 14.0 Å². The van der Waals surface area contributed by atoms with Crippen molar-refractivity contribution in [1.29, 1.82) is 0 Å². The van der Waals surface area contributed by atoms with Crippen LogP contribution < -0.4 is 11.1 Å². The van der Waals surface area contributed by atoms with E-state index in [1.165, 1.54) is 23.5 Å². The van der Waals surface area contributed by atoms with Crippen LogP contribution in [0.15, 0.2) is 24.3 Å². The molecule has 0 bridgehead atoms. The zero-order chi connectivity index (χ0) is 15.7. The predicted octanol–water partition coefficient (Wildman–Crippen LogP) is 2.66. The van der Waals surface area contributed by atoms with Gasteiger partial charge in [0.05, 0.1) is 12.0 Å². The summed E-state index contributed by atoms with van der Waals surface area (Å²) in [5.74, 6) is -1.08. The van der Waals surface area contributed by atoms with Gasteiger partial charge < -0.3 is 11.1 Å². The standard InChI is InChI=1S/C16H15FN2O2S/c17-10-6-4-9(5-7-10)8-13(20)19-16-14(15(18)21)11-2-1-3-12(11)22-16/h4-7H,1-3,8H2,(H2,18,21)(H,19,20). The zero-order valence-corrected chi connectivity index (χ0v) is 12.6. The summed E-state index contributed by atoms with van der Waals surface area (Å²) in [7, 11) is 0. The fourth-order valence-corrected chi connectivity index (χ4v) is 4.02. The molecule has 1 aromatic heterocycles. The highest BCUT2D eigenvalue weighted by atomic mass is 32.1. The van der Waals surface area contributed by atoms with Crippen molar-refractivity contribution in [1.82, 2.24) is 0 Å². The van der Waals surface area contributed by atoms with Gasteiger partial charge in [-0.1, -0.05) is 12.1 Å². The maximum absolute atomic E-state index is 12.9. The van der Waals surface area contributed by atoms with E-state index in [2.05, 4.69) is 5.32 Å². The van der Waals surface area contributed by atoms with Gasteiger partial charge in [-0.3, -0.25) is 9.59 Å². The molecule has 2 aromatic rings. The van der Waals surface area contributed by atoms with E-state index in [0.29, 0.717) is 16.1 Å². The van der Waals surface area contributed by atoms with Crippen molar-refractivity contribution in [2.45, 2.75) is 25.7 Å². The SMILES string of the molecule is NC(=O)c1c(NC(=O)Cc2ccc(F)cc2)sc2c1CCC2. The predicted molar refractivity (Wildman–Crippen MR) is 83.6 cm³/mol. The van der Waals surface area contributed by atoms with Gasteiger partial charge in [-0.25, -0.2) is 4.39 Å². The van der Waals surface area contributed by atoms with E-state index in [4.69, 9.17) is 5.73 Å². The fraction of sp³-hybridized carbons (Fsp3) is 0.250. The van der Waals surface area contributed by atoms with E-state index in [0.717, 1.165) is 29.7 Å². The number of carbonyl (C=O) groups excluding carboxylic acids is 2. The Morgan fingerprint density at radius 3 is 2.64 bits per heavy atom. The molecule has 4 nitrogen and oxygen atoms in total. The molecule has 0 saturated carbocycles. The van der Waals surface area contributed by atoms with Crippen molar-refractivity contribution in [2.75, 3.05) is 5.32 Å². The van der Waals surface area contributed by atoms with Gasteiger partial charge in [-0.15, -0.1) is 11.3 Å². The van der Waals surface area contributed by atoms with Crippen molar-refractivity contribution < 1.29 is 14.0 Å². The second kappa shape index (κ2) is 5.88. The van der Waals surface area contributed by atoms with E-state index >= 15 is 0 Å². The van der Waals surface area contributed by atoms with Crippen molar-refractivity contribution in [3.8, 4) is 0 Å². The van der Waals surface area contributed by atoms with Gasteiger partial charge in [0.2, 0.25) is 5.91 Å². The van der Waals surface area contributed by atoms with Gasteiger partial charge in [-0.05, 0) is 42.5 Å². The molecule has 1 aromatic carbocycles. The van der Waals surface area contributed by atoms with Crippen LogP contribution in [-0.2, 0) is 24.1 Å². The minimum absolute atomic E-state index is 0.126. The lowest BCUT2D eigenvalue weighted by atomic mass is 10.1. The van der Waals surface area contributed by atoms with Crippen molar-refractivity contribution in [3.05, 3.63) is 51.7 Å². The first-order chi connectivity index (χ1) is 10.5. The lowest BCUT2D eigenvalue weighted by Crippen LogP contribution is -2.19. The molecule has 0 atom stereocenters. The molecular formula is C16H15FN2O2S. The largest absolute Gasteiger partial charge is 0.365 e. The Hall–Kier alpha value is -2.21. The molecule has 0 radical (unpaired) electrons. The Kier molecular flexibility index (Phi) is 3.94. The zero-order valence-electron chi connectivity index (χ0n) is 11.8. The Morgan fingerprint density at radius 1 is 1.23 bits per heavy atom. The monoisotopic (exact) mass is 318 g/mol. The third-order valence-corrected chi connectivity index (χ3v) is 4.91. The van der Waals surface area contributed by atoms with Crippen molar-refractivity contribution >= 4 is 28.2 Å². The molecule has 6 heteroatoms. The van der Waals surface area contributed by atoms with E-state index < -0.39 is 5.91 Å². The number of halogens is 1. The number of nitrogens with one attached hydrogen (secondary N) is 1. The minimum Gasteiger partial charge on any atom is -0.365 e. The summed E-state index contributed by atoms with van der Waals surface area (Å²) < 4.78 is 12.9. The normalized spacial score (nSPS) is 13.0. The smallest absolute Gasteiger partial charge is 0.251 e. The van der Waals surface area contributed by atoms with E-state index in [1.807, 2.05) is 0 Å². The molecule has 3 rings (SSSR count). The van der Waals surface area contributed by atoms with Crippen LogP contribution in [0.5, 0.6) is 0 Å². The van der Waals surface area contributed by atoms with Gasteiger partial charge in [0.1, 0.15) is 10.8 Å². The Balaban J connectivity index is 1.77. The Morgan fingerprint density at radius 2 is 1.95 bits per heavy atom. The molecule has 1 aliphatic carbocycles. The van der Waals surface area contributed by atoms with Gasteiger partial charge >= 0.3 is 0 Å². The highest BCUT2D eigenvalue weighted by molar-refractivity contribution is 7.17. The molecule has 0 saturated heterocycles. The molecule has 22 heavy (non-hydrogen) atoms. The lowest BCUT2D eigenvalue weighted by Gasteiger charge is -2.06. The fourth-order valence-electron chi connectivity index (χ4n) is 2.71. The summed E-state index contributed by atoms with van der Waals surface area (Å²) in [6, 6.07) is 5.77. The van der Waals surface area contributed by atoms with Crippen LogP contribution >= 0.6 is 11.3 Å². The quantitative estimate of drug-likeness (QED) is 0.909. The van der Waals surface area contributed by atoms with Gasteiger partial charge in [-0.2, -0.15) is 0 Å². The summed E-state index contributed by atoms with van der Waals surface area (Å²) in [4.78, 5) is 24.9. The highest BCUT2D eigenvalue weighted by Gasteiger charge is 2.26. The summed E-state index contributed by atoms with van der Waals surface area (Å²) >= 11 is 1.43. The van der Waals surface area contributed by atoms with Gasteiger partial charge in [0.25, 0.3) is 5.91 Å². The molecule has 1 aliphatic rings. The van der Waals surface area contributed by atoms with E-state index in [-0.39, 0.29) is 18.1 Å². The molecule has 3 N–H and O–H groups in total. The topological polar surface area (TPSA) is 72.2 Å². The number of rotatable bonds is 4. The third-order valence-electron chi connectivity index (χ3n) is 3.70. The number of benzene rings is 1. The lowest BCUT2D eigenvalue weighted by molar-refractivity contribution is -0.115. The second-order valence-corrected chi connectivity index (χ2v) is 6.38. The Bertz CT molecular complexity index is 737. The van der Waals surface area contributed by atoms with Crippen molar-refractivity contribution in [3.63, 3.8) is 0 Å². The average molecular weight is 318 g/mol. The van der Waals surface area contributed by atoms with Crippen LogP contribution in [-0.4, -0.2) is 11.8 Å². The minimum atomic E-state index is -0.503. The first kappa shape index (κ1) is 14.7. The Labute approximate surface area is 131 Å². The number of primary amides is 1. The number of aryl methyl sites for hydroxylation is 1. The molecule has 0 unspecified atom stereocenters. The third kappa shape index (κ3) is 2.87. The second-order valence-electron chi connectivity index (χ2n) is 5.28. The molecular weight excluding hydrogens is 303 g/mol. The van der Waals surface area contributed by atoms with Gasteiger partial charge in [0, 0.05) is 4.88 Å². The number of hydrogen-bond donors (Lipinski definition) is 2. The van der Waals surface area contributed by atoms with Crippen LogP contribution in [0.2, 0.25) is 0 Å². The van der Waals surface area contributed by atoms with Crippen LogP contribution in [0.3, 0.4) is 0 Å². The number of amides is 2. The highest BCUT2D eigenvalue weighted by Crippen LogP contribution is 2.38. The molecule has 2 amide bonds. The average Bonchev–Trinajstić information content (AvgIpc) is 3.01. The van der Waals surface area contributed by atoms with Crippen molar-refractivity contribution in [2.24, 2.45) is 5.73 Å².